The molecule has 3 N–H and O–H groups in total. The van der Waals surface area contributed by atoms with Crippen LogP contribution in [0, 0.1) is 0 Å². The van der Waals surface area contributed by atoms with E-state index in [1.54, 1.807) is 26.4 Å². The number of anilines is 1. The van der Waals surface area contributed by atoms with Crippen LogP contribution >= 0.6 is 12.2 Å². The van der Waals surface area contributed by atoms with Gasteiger partial charge in [0.05, 0.1) is 11.8 Å². The number of aryl methyl sites for hydroxylation is 2. The largest absolute Gasteiger partial charge is 0.389 e. The lowest BCUT2D eigenvalue weighted by atomic mass is 10.3. The molecule has 2 aromatic rings. The minimum atomic E-state index is -0.295. The molecule has 0 radical (unpaired) electrons. The molecule has 0 aliphatic heterocycles. The molecule has 8 heteroatoms. The summed E-state index contributed by atoms with van der Waals surface area (Å²) in [5, 5.41) is 10.7. The van der Waals surface area contributed by atoms with Crippen LogP contribution in [0.25, 0.3) is 0 Å². The van der Waals surface area contributed by atoms with Crippen molar-refractivity contribution in [3.8, 4) is 0 Å². The molecular weight excluding hydrogens is 252 g/mol. The Bertz CT molecular complexity index is 614. The van der Waals surface area contributed by atoms with E-state index in [1.807, 2.05) is 0 Å². The molecule has 0 spiro atoms. The van der Waals surface area contributed by atoms with Gasteiger partial charge in [-0.3, -0.25) is 14.2 Å². The van der Waals surface area contributed by atoms with Crippen LogP contribution in [0.4, 0.5) is 5.82 Å². The van der Waals surface area contributed by atoms with Crippen LogP contribution in [0.2, 0.25) is 0 Å². The van der Waals surface area contributed by atoms with Crippen molar-refractivity contribution in [3.05, 3.63) is 29.7 Å². The predicted octanol–water partition coefficient (Wildman–Crippen LogP) is 0.0401. The summed E-state index contributed by atoms with van der Waals surface area (Å²) in [4.78, 5) is 12.2. The van der Waals surface area contributed by atoms with Crippen molar-refractivity contribution >= 4 is 28.9 Å². The van der Waals surface area contributed by atoms with Gasteiger partial charge in [-0.15, -0.1) is 0 Å². The van der Waals surface area contributed by atoms with Crippen molar-refractivity contribution in [1.29, 1.82) is 0 Å². The van der Waals surface area contributed by atoms with Crippen LogP contribution in [0.1, 0.15) is 16.1 Å². The Morgan fingerprint density at radius 2 is 2.11 bits per heavy atom. The van der Waals surface area contributed by atoms with Gasteiger partial charge in [-0.2, -0.15) is 10.2 Å². The highest BCUT2D eigenvalue weighted by atomic mass is 32.1. The minimum Gasteiger partial charge on any atom is -0.389 e. The zero-order chi connectivity index (χ0) is 13.3. The average molecular weight is 264 g/mol. The Labute approximate surface area is 109 Å². The normalized spacial score (nSPS) is 10.3. The summed E-state index contributed by atoms with van der Waals surface area (Å²) in [6, 6.07) is 1.62. The number of nitrogens with zero attached hydrogens (tertiary/aromatic N) is 4. The molecule has 2 heterocycles. The zero-order valence-corrected chi connectivity index (χ0v) is 10.7. The third kappa shape index (κ3) is 2.09. The Kier molecular flexibility index (Phi) is 3.11. The second kappa shape index (κ2) is 4.57. The van der Waals surface area contributed by atoms with Gasteiger partial charge >= 0.3 is 0 Å². The van der Waals surface area contributed by atoms with E-state index >= 15 is 0 Å². The number of thiocarbonyl (C=S) groups is 1. The van der Waals surface area contributed by atoms with Gasteiger partial charge in [0.25, 0.3) is 5.91 Å². The van der Waals surface area contributed by atoms with E-state index in [4.69, 9.17) is 18.0 Å². The molecule has 1 amide bonds. The highest BCUT2D eigenvalue weighted by Crippen LogP contribution is 2.14. The molecule has 2 aromatic heterocycles. The second-order valence-electron chi connectivity index (χ2n) is 3.69. The SMILES string of the molecule is Cn1nccc1C(=O)Nc1c(C(N)=S)cnn1C. The highest BCUT2D eigenvalue weighted by molar-refractivity contribution is 7.80. The van der Waals surface area contributed by atoms with E-state index in [1.165, 1.54) is 15.6 Å². The highest BCUT2D eigenvalue weighted by Gasteiger charge is 2.16. The fourth-order valence-corrected chi connectivity index (χ4v) is 1.68. The van der Waals surface area contributed by atoms with Crippen LogP contribution in [0.5, 0.6) is 0 Å². The van der Waals surface area contributed by atoms with Gasteiger partial charge in [0, 0.05) is 20.3 Å². The van der Waals surface area contributed by atoms with Crippen molar-refractivity contribution in [3.63, 3.8) is 0 Å². The average Bonchev–Trinajstić information content (AvgIpc) is 2.86. The summed E-state index contributed by atoms with van der Waals surface area (Å²) >= 11 is 4.90. The molecular formula is C10H12N6OS. The fourth-order valence-electron chi connectivity index (χ4n) is 1.53. The number of hydrogen-bond acceptors (Lipinski definition) is 4. The number of carbonyl (C=O) groups excluding carboxylic acids is 1. The van der Waals surface area contributed by atoms with E-state index in [2.05, 4.69) is 15.5 Å². The lowest BCUT2D eigenvalue weighted by Gasteiger charge is -2.07. The molecule has 0 aliphatic carbocycles. The standard InChI is InChI=1S/C10H12N6OS/c1-15-7(3-4-12-15)10(17)14-9-6(8(11)18)5-13-16(9)2/h3-5H,1-2H3,(H2,11,18)(H,14,17). The first-order chi connectivity index (χ1) is 8.50. The van der Waals surface area contributed by atoms with E-state index < -0.39 is 0 Å². The summed E-state index contributed by atoms with van der Waals surface area (Å²) < 4.78 is 2.98. The quantitative estimate of drug-likeness (QED) is 0.764. The second-order valence-corrected chi connectivity index (χ2v) is 4.13. The molecule has 0 saturated heterocycles. The van der Waals surface area contributed by atoms with Crippen LogP contribution in [0.3, 0.4) is 0 Å². The van der Waals surface area contributed by atoms with Crippen molar-refractivity contribution in [2.45, 2.75) is 0 Å². The molecule has 94 valence electrons. The summed E-state index contributed by atoms with van der Waals surface area (Å²) in [6.07, 6.45) is 3.06. The maximum atomic E-state index is 12.0. The summed E-state index contributed by atoms with van der Waals surface area (Å²) in [6.45, 7) is 0. The van der Waals surface area contributed by atoms with Gasteiger partial charge in [0.2, 0.25) is 0 Å². The zero-order valence-electron chi connectivity index (χ0n) is 9.91. The fraction of sp³-hybridized carbons (Fsp3) is 0.200. The molecule has 0 atom stereocenters. The molecule has 0 saturated carbocycles. The Morgan fingerprint density at radius 1 is 1.39 bits per heavy atom. The molecule has 0 unspecified atom stereocenters. The lowest BCUT2D eigenvalue weighted by molar-refractivity contribution is 0.101. The maximum absolute atomic E-state index is 12.0. The number of rotatable bonds is 3. The molecule has 0 fully saturated rings. The number of carbonyl (C=O) groups is 1. The van der Waals surface area contributed by atoms with E-state index in [0.717, 1.165) is 0 Å². The van der Waals surface area contributed by atoms with Crippen molar-refractivity contribution in [1.82, 2.24) is 19.6 Å². The smallest absolute Gasteiger partial charge is 0.275 e. The Hall–Kier alpha value is -2.22. The molecule has 7 nitrogen and oxygen atoms in total. The van der Waals surface area contributed by atoms with E-state index in [9.17, 15) is 4.79 Å². The topological polar surface area (TPSA) is 90.8 Å². The van der Waals surface area contributed by atoms with Crippen LogP contribution in [-0.4, -0.2) is 30.5 Å². The van der Waals surface area contributed by atoms with Gasteiger partial charge < -0.3 is 11.1 Å². The Balaban J connectivity index is 2.30. The lowest BCUT2D eigenvalue weighted by Crippen LogP contribution is -2.20. The molecule has 18 heavy (non-hydrogen) atoms. The first kappa shape index (κ1) is 12.2. The number of nitrogens with one attached hydrogen (secondary N) is 1. The van der Waals surface area contributed by atoms with Crippen molar-refractivity contribution in [2.75, 3.05) is 5.32 Å². The third-order valence-corrected chi connectivity index (χ3v) is 2.71. The summed E-state index contributed by atoms with van der Waals surface area (Å²) in [5.41, 5.74) is 6.53. The molecule has 0 aliphatic rings. The van der Waals surface area contributed by atoms with Gasteiger partial charge in [-0.1, -0.05) is 12.2 Å². The van der Waals surface area contributed by atoms with Crippen LogP contribution < -0.4 is 11.1 Å². The molecule has 2 rings (SSSR count). The first-order valence-corrected chi connectivity index (χ1v) is 5.52. The number of hydrogen-bond donors (Lipinski definition) is 2. The van der Waals surface area contributed by atoms with Crippen LogP contribution in [0.15, 0.2) is 18.5 Å². The van der Waals surface area contributed by atoms with Crippen LogP contribution in [-0.2, 0) is 14.1 Å². The maximum Gasteiger partial charge on any atom is 0.275 e. The Morgan fingerprint density at radius 3 is 2.67 bits per heavy atom. The molecule has 0 aromatic carbocycles. The third-order valence-electron chi connectivity index (χ3n) is 2.49. The minimum absolute atomic E-state index is 0.184. The van der Waals surface area contributed by atoms with Gasteiger partial charge in [0.1, 0.15) is 16.5 Å². The van der Waals surface area contributed by atoms with E-state index in [-0.39, 0.29) is 10.9 Å². The monoisotopic (exact) mass is 264 g/mol. The molecule has 0 bridgehead atoms. The predicted molar refractivity (Wildman–Crippen MR) is 70.3 cm³/mol. The van der Waals surface area contributed by atoms with Gasteiger partial charge in [-0.25, -0.2) is 0 Å². The number of amides is 1. The summed E-state index contributed by atoms with van der Waals surface area (Å²) in [5.74, 6) is 0.171. The summed E-state index contributed by atoms with van der Waals surface area (Å²) in [7, 11) is 3.38. The van der Waals surface area contributed by atoms with Gasteiger partial charge in [0.15, 0.2) is 0 Å². The van der Waals surface area contributed by atoms with E-state index in [0.29, 0.717) is 17.1 Å². The van der Waals surface area contributed by atoms with Crippen molar-refractivity contribution < 1.29 is 4.79 Å². The first-order valence-electron chi connectivity index (χ1n) is 5.12. The van der Waals surface area contributed by atoms with Gasteiger partial charge in [-0.05, 0) is 6.07 Å². The number of aromatic nitrogens is 4. The number of nitrogens with two attached hydrogens (primary N) is 1. The van der Waals surface area contributed by atoms with Crippen molar-refractivity contribution in [2.24, 2.45) is 19.8 Å².